The van der Waals surface area contributed by atoms with E-state index in [1.807, 2.05) is 12.1 Å². The molecule has 0 aliphatic carbocycles. The fourth-order valence-electron chi connectivity index (χ4n) is 1.26. The first-order valence-electron chi connectivity index (χ1n) is 5.39. The molecule has 0 saturated heterocycles. The van der Waals surface area contributed by atoms with Crippen LogP contribution < -0.4 is 4.74 Å². The fourth-order valence-corrected chi connectivity index (χ4v) is 2.11. The molecule has 0 heterocycles. The van der Waals surface area contributed by atoms with Gasteiger partial charge in [0.15, 0.2) is 0 Å². The van der Waals surface area contributed by atoms with Crippen molar-refractivity contribution in [2.75, 3.05) is 6.61 Å². The maximum absolute atomic E-state index is 5.81. The molecule has 0 aliphatic rings. The van der Waals surface area contributed by atoms with Crippen LogP contribution in [0.15, 0.2) is 22.7 Å². The molecule has 0 saturated carbocycles. The number of halogens is 2. The lowest BCUT2D eigenvalue weighted by Crippen LogP contribution is -2.11. The average molecular weight is 350 g/mol. The molecule has 1 aromatic carbocycles. The first-order valence-corrected chi connectivity index (χ1v) is 7.31. The van der Waals surface area contributed by atoms with Crippen LogP contribution in [0, 0.1) is 5.41 Å². The van der Waals surface area contributed by atoms with E-state index in [1.165, 1.54) is 5.56 Å². The van der Waals surface area contributed by atoms with Crippen molar-refractivity contribution in [3.05, 3.63) is 28.2 Å². The number of hydrogen-bond acceptors (Lipinski definition) is 1. The third-order valence-corrected chi connectivity index (χ3v) is 3.37. The maximum atomic E-state index is 5.81. The molecule has 0 aromatic heterocycles. The van der Waals surface area contributed by atoms with E-state index in [-0.39, 0.29) is 0 Å². The van der Waals surface area contributed by atoms with Gasteiger partial charge in [0.1, 0.15) is 5.75 Å². The van der Waals surface area contributed by atoms with E-state index in [9.17, 15) is 0 Å². The van der Waals surface area contributed by atoms with Crippen molar-refractivity contribution in [1.29, 1.82) is 0 Å². The number of ether oxygens (including phenoxy) is 1. The molecule has 0 radical (unpaired) electrons. The highest BCUT2D eigenvalue weighted by atomic mass is 79.9. The average Bonchev–Trinajstić information content (AvgIpc) is 2.18. The zero-order chi connectivity index (χ0) is 12.2. The van der Waals surface area contributed by atoms with Gasteiger partial charge in [-0.05, 0) is 30.0 Å². The monoisotopic (exact) mass is 348 g/mol. The van der Waals surface area contributed by atoms with Gasteiger partial charge >= 0.3 is 0 Å². The van der Waals surface area contributed by atoms with Crippen LogP contribution in [0.25, 0.3) is 0 Å². The van der Waals surface area contributed by atoms with Gasteiger partial charge in [0, 0.05) is 15.4 Å². The van der Waals surface area contributed by atoms with Gasteiger partial charge in [-0.25, -0.2) is 0 Å². The third-order valence-electron chi connectivity index (χ3n) is 2.28. The van der Waals surface area contributed by atoms with Crippen LogP contribution in [-0.2, 0) is 5.33 Å². The molecule has 16 heavy (non-hydrogen) atoms. The summed E-state index contributed by atoms with van der Waals surface area (Å²) in [5, 5.41) is 0.817. The van der Waals surface area contributed by atoms with E-state index in [1.54, 1.807) is 0 Å². The standard InChI is InChI=1S/C13H18Br2O/c1-13(2,3)6-7-16-12-5-4-11(15)8-10(12)9-14/h4-5,8H,6-7,9H2,1-3H3. The Kier molecular flexibility index (Phi) is 5.32. The normalized spacial score (nSPS) is 11.6. The number of rotatable bonds is 4. The van der Waals surface area contributed by atoms with Gasteiger partial charge in [0.2, 0.25) is 0 Å². The van der Waals surface area contributed by atoms with E-state index in [2.05, 4.69) is 58.7 Å². The van der Waals surface area contributed by atoms with E-state index in [4.69, 9.17) is 4.74 Å². The van der Waals surface area contributed by atoms with Crippen molar-refractivity contribution in [1.82, 2.24) is 0 Å². The highest BCUT2D eigenvalue weighted by molar-refractivity contribution is 9.10. The summed E-state index contributed by atoms with van der Waals surface area (Å²) in [6, 6.07) is 6.11. The van der Waals surface area contributed by atoms with Gasteiger partial charge in [-0.1, -0.05) is 52.6 Å². The van der Waals surface area contributed by atoms with Gasteiger partial charge in [-0.15, -0.1) is 0 Å². The molecule has 0 bridgehead atoms. The van der Waals surface area contributed by atoms with Crippen molar-refractivity contribution in [3.63, 3.8) is 0 Å². The van der Waals surface area contributed by atoms with Crippen molar-refractivity contribution < 1.29 is 4.74 Å². The second-order valence-electron chi connectivity index (χ2n) is 5.04. The highest BCUT2D eigenvalue weighted by Crippen LogP contribution is 2.26. The second kappa shape index (κ2) is 6.06. The molecule has 0 atom stereocenters. The molecule has 0 N–H and O–H groups in total. The quantitative estimate of drug-likeness (QED) is 0.682. The van der Waals surface area contributed by atoms with Crippen molar-refractivity contribution in [2.24, 2.45) is 5.41 Å². The maximum Gasteiger partial charge on any atom is 0.123 e. The van der Waals surface area contributed by atoms with Crippen molar-refractivity contribution in [3.8, 4) is 5.75 Å². The molecule has 90 valence electrons. The minimum absolute atomic E-state index is 0.323. The first kappa shape index (κ1) is 14.0. The summed E-state index contributed by atoms with van der Waals surface area (Å²) >= 11 is 6.93. The molecule has 1 aromatic rings. The molecule has 3 heteroatoms. The van der Waals surface area contributed by atoms with E-state index >= 15 is 0 Å². The summed E-state index contributed by atoms with van der Waals surface area (Å²) in [6.45, 7) is 7.45. The minimum Gasteiger partial charge on any atom is -0.493 e. The molecule has 1 rings (SSSR count). The molecular weight excluding hydrogens is 332 g/mol. The molecule has 0 unspecified atom stereocenters. The predicted molar refractivity (Wildman–Crippen MR) is 76.3 cm³/mol. The Bertz CT molecular complexity index is 342. The lowest BCUT2D eigenvalue weighted by molar-refractivity contribution is 0.242. The molecule has 0 fully saturated rings. The van der Waals surface area contributed by atoms with Crippen LogP contribution >= 0.6 is 31.9 Å². The zero-order valence-corrected chi connectivity index (χ0v) is 13.2. The van der Waals surface area contributed by atoms with Crippen LogP contribution in [-0.4, -0.2) is 6.61 Å². The first-order chi connectivity index (χ1) is 7.42. The Morgan fingerprint density at radius 2 is 1.94 bits per heavy atom. The summed E-state index contributed by atoms with van der Waals surface area (Å²) in [5.74, 6) is 0.976. The summed E-state index contributed by atoms with van der Waals surface area (Å²) in [4.78, 5) is 0. The SMILES string of the molecule is CC(C)(C)CCOc1ccc(Br)cc1CBr. The minimum atomic E-state index is 0.323. The third kappa shape index (κ3) is 4.88. The Morgan fingerprint density at radius 1 is 1.25 bits per heavy atom. The molecular formula is C13H18Br2O. The Morgan fingerprint density at radius 3 is 2.50 bits per heavy atom. The van der Waals surface area contributed by atoms with Crippen LogP contribution in [0.5, 0.6) is 5.75 Å². The van der Waals surface area contributed by atoms with Gasteiger partial charge in [-0.2, -0.15) is 0 Å². The van der Waals surface area contributed by atoms with Crippen molar-refractivity contribution >= 4 is 31.9 Å². The topological polar surface area (TPSA) is 9.23 Å². The number of hydrogen-bond donors (Lipinski definition) is 0. The Hall–Kier alpha value is -0.0200. The van der Waals surface area contributed by atoms with Crippen LogP contribution in [0.2, 0.25) is 0 Å². The molecule has 0 amide bonds. The van der Waals surface area contributed by atoms with E-state index in [0.29, 0.717) is 5.41 Å². The molecule has 1 nitrogen and oxygen atoms in total. The van der Waals surface area contributed by atoms with E-state index in [0.717, 1.165) is 28.6 Å². The molecule has 0 aliphatic heterocycles. The molecule has 0 spiro atoms. The van der Waals surface area contributed by atoms with Crippen molar-refractivity contribution in [2.45, 2.75) is 32.5 Å². The summed E-state index contributed by atoms with van der Waals surface area (Å²) in [7, 11) is 0. The second-order valence-corrected chi connectivity index (χ2v) is 6.52. The summed E-state index contributed by atoms with van der Waals surface area (Å²) < 4.78 is 6.90. The zero-order valence-electron chi connectivity index (χ0n) is 10.0. The largest absolute Gasteiger partial charge is 0.493 e. The Balaban J connectivity index is 2.60. The van der Waals surface area contributed by atoms with E-state index < -0.39 is 0 Å². The highest BCUT2D eigenvalue weighted by Gasteiger charge is 2.11. The van der Waals surface area contributed by atoms with Gasteiger partial charge in [0.05, 0.1) is 6.61 Å². The van der Waals surface area contributed by atoms with Crippen LogP contribution in [0.3, 0.4) is 0 Å². The number of alkyl halides is 1. The smallest absolute Gasteiger partial charge is 0.123 e. The number of benzene rings is 1. The predicted octanol–water partition coefficient (Wildman–Crippen LogP) is 5.16. The Labute approximate surface area is 115 Å². The fraction of sp³-hybridized carbons (Fsp3) is 0.538. The lowest BCUT2D eigenvalue weighted by atomic mass is 9.93. The lowest BCUT2D eigenvalue weighted by Gasteiger charge is -2.19. The summed E-state index contributed by atoms with van der Waals surface area (Å²) in [5.41, 5.74) is 1.51. The van der Waals surface area contributed by atoms with Crippen LogP contribution in [0.1, 0.15) is 32.8 Å². The van der Waals surface area contributed by atoms with Crippen LogP contribution in [0.4, 0.5) is 0 Å². The van der Waals surface area contributed by atoms with Gasteiger partial charge in [0.25, 0.3) is 0 Å². The summed E-state index contributed by atoms with van der Waals surface area (Å²) in [6.07, 6.45) is 1.06. The van der Waals surface area contributed by atoms with Gasteiger partial charge in [-0.3, -0.25) is 0 Å². The van der Waals surface area contributed by atoms with Gasteiger partial charge < -0.3 is 4.74 Å².